The topological polar surface area (TPSA) is 46.2 Å². The van der Waals surface area contributed by atoms with Gasteiger partial charge < -0.3 is 10.8 Å². The summed E-state index contributed by atoms with van der Waals surface area (Å²) in [6, 6.07) is 6.34. The van der Waals surface area contributed by atoms with Crippen LogP contribution in [0.4, 0.5) is 0 Å². The normalized spacial score (nSPS) is 12.9. The van der Waals surface area contributed by atoms with Gasteiger partial charge in [0.25, 0.3) is 0 Å². The molecule has 1 atom stereocenters. The van der Waals surface area contributed by atoms with E-state index < -0.39 is 6.10 Å². The highest BCUT2D eigenvalue weighted by atomic mass is 32.2. The molecule has 0 saturated heterocycles. The van der Waals surface area contributed by atoms with Crippen LogP contribution in [0.1, 0.15) is 11.1 Å². The molecule has 1 aromatic carbocycles. The van der Waals surface area contributed by atoms with Gasteiger partial charge in [-0.2, -0.15) is 0 Å². The zero-order valence-corrected chi connectivity index (χ0v) is 9.47. The number of nitrogens with two attached hydrogens (primary N) is 1. The quantitative estimate of drug-likeness (QED) is 0.745. The van der Waals surface area contributed by atoms with E-state index in [4.69, 9.17) is 5.73 Å². The number of benzene rings is 1. The van der Waals surface area contributed by atoms with E-state index in [0.717, 1.165) is 0 Å². The van der Waals surface area contributed by atoms with Crippen molar-refractivity contribution >= 4 is 11.8 Å². The number of rotatable bonds is 4. The van der Waals surface area contributed by atoms with Gasteiger partial charge in [-0.15, -0.1) is 11.8 Å². The van der Waals surface area contributed by atoms with Crippen LogP contribution in [-0.2, 0) is 0 Å². The predicted octanol–water partition coefficient (Wildman–Crippen LogP) is 1.72. The van der Waals surface area contributed by atoms with E-state index in [1.54, 1.807) is 11.8 Å². The summed E-state index contributed by atoms with van der Waals surface area (Å²) < 4.78 is 0. The lowest BCUT2D eigenvalue weighted by molar-refractivity contribution is 0.208. The van der Waals surface area contributed by atoms with Crippen LogP contribution >= 0.6 is 11.8 Å². The maximum absolute atomic E-state index is 9.33. The van der Waals surface area contributed by atoms with Crippen LogP contribution in [-0.4, -0.2) is 23.5 Å². The number of thioether (sulfide) groups is 1. The van der Waals surface area contributed by atoms with Crippen molar-refractivity contribution in [1.82, 2.24) is 0 Å². The molecule has 0 saturated carbocycles. The van der Waals surface area contributed by atoms with Gasteiger partial charge in [-0.1, -0.05) is 17.7 Å². The maximum Gasteiger partial charge on any atom is 0.0756 e. The molecule has 0 spiro atoms. The van der Waals surface area contributed by atoms with Crippen molar-refractivity contribution in [3.63, 3.8) is 0 Å². The van der Waals surface area contributed by atoms with Crippen molar-refractivity contribution in [2.24, 2.45) is 5.73 Å². The highest BCUT2D eigenvalue weighted by molar-refractivity contribution is 7.99. The molecule has 0 amide bonds. The first kappa shape index (κ1) is 11.6. The molecule has 1 rings (SSSR count). The van der Waals surface area contributed by atoms with Crippen LogP contribution in [0.3, 0.4) is 0 Å². The average Bonchev–Trinajstić information content (AvgIpc) is 2.19. The molecule has 1 unspecified atom stereocenters. The zero-order valence-electron chi connectivity index (χ0n) is 8.66. The largest absolute Gasteiger partial charge is 0.391 e. The standard InChI is InChI=1S/C11H17NOS/c1-8-3-4-9(2)11(5-8)14-7-10(13)6-12/h3-5,10,13H,6-7,12H2,1-2H3. The molecule has 0 aliphatic heterocycles. The first-order chi connectivity index (χ1) is 6.63. The predicted molar refractivity (Wildman–Crippen MR) is 61.7 cm³/mol. The van der Waals surface area contributed by atoms with Gasteiger partial charge in [-0.3, -0.25) is 0 Å². The second-order valence-electron chi connectivity index (χ2n) is 3.47. The number of aliphatic hydroxyl groups excluding tert-OH is 1. The average molecular weight is 211 g/mol. The van der Waals surface area contributed by atoms with Crippen molar-refractivity contribution < 1.29 is 5.11 Å². The monoisotopic (exact) mass is 211 g/mol. The molecule has 1 aromatic rings. The Balaban J connectivity index is 2.62. The molecular weight excluding hydrogens is 194 g/mol. The van der Waals surface area contributed by atoms with Gasteiger partial charge in [0.1, 0.15) is 0 Å². The highest BCUT2D eigenvalue weighted by Crippen LogP contribution is 2.23. The fourth-order valence-corrected chi connectivity index (χ4v) is 2.19. The smallest absolute Gasteiger partial charge is 0.0756 e. The lowest BCUT2D eigenvalue weighted by Gasteiger charge is -2.09. The molecule has 3 heteroatoms. The minimum atomic E-state index is -0.403. The van der Waals surface area contributed by atoms with Gasteiger partial charge in [-0.25, -0.2) is 0 Å². The molecular formula is C11H17NOS. The molecule has 0 aliphatic carbocycles. The summed E-state index contributed by atoms with van der Waals surface area (Å²) in [7, 11) is 0. The van der Waals surface area contributed by atoms with Crippen molar-refractivity contribution in [2.45, 2.75) is 24.8 Å². The number of aryl methyl sites for hydroxylation is 2. The Morgan fingerprint density at radius 3 is 2.79 bits per heavy atom. The number of aliphatic hydroxyl groups is 1. The highest BCUT2D eigenvalue weighted by Gasteiger charge is 2.04. The van der Waals surface area contributed by atoms with Gasteiger partial charge in [-0.05, 0) is 25.5 Å². The fourth-order valence-electron chi connectivity index (χ4n) is 1.12. The third-order valence-electron chi connectivity index (χ3n) is 2.05. The Hall–Kier alpha value is -0.510. The SMILES string of the molecule is Cc1ccc(C)c(SCC(O)CN)c1. The number of hydrogen-bond acceptors (Lipinski definition) is 3. The number of hydrogen-bond donors (Lipinski definition) is 2. The van der Waals surface area contributed by atoms with Gasteiger partial charge in [0.2, 0.25) is 0 Å². The Labute approximate surface area is 89.5 Å². The van der Waals surface area contributed by atoms with Crippen LogP contribution < -0.4 is 5.73 Å². The summed E-state index contributed by atoms with van der Waals surface area (Å²) in [6.07, 6.45) is -0.403. The minimum Gasteiger partial charge on any atom is -0.391 e. The van der Waals surface area contributed by atoms with E-state index in [2.05, 4.69) is 32.0 Å². The maximum atomic E-state index is 9.33. The van der Waals surface area contributed by atoms with Gasteiger partial charge in [0.15, 0.2) is 0 Å². The second kappa shape index (κ2) is 5.39. The van der Waals surface area contributed by atoms with Crippen LogP contribution in [0.5, 0.6) is 0 Å². The second-order valence-corrected chi connectivity index (χ2v) is 4.53. The summed E-state index contributed by atoms with van der Waals surface area (Å²) in [4.78, 5) is 1.23. The van der Waals surface area contributed by atoms with Crippen molar-refractivity contribution in [1.29, 1.82) is 0 Å². The Morgan fingerprint density at radius 1 is 1.43 bits per heavy atom. The van der Waals surface area contributed by atoms with Crippen molar-refractivity contribution in [3.8, 4) is 0 Å². The lowest BCUT2D eigenvalue weighted by Crippen LogP contribution is -2.21. The summed E-state index contributed by atoms with van der Waals surface area (Å²) in [5, 5.41) is 9.33. The molecule has 0 heterocycles. The molecule has 78 valence electrons. The van der Waals surface area contributed by atoms with E-state index in [-0.39, 0.29) is 0 Å². The molecule has 0 aromatic heterocycles. The third-order valence-corrected chi connectivity index (χ3v) is 3.35. The van der Waals surface area contributed by atoms with Gasteiger partial charge in [0, 0.05) is 17.2 Å². The Bertz CT molecular complexity index is 301. The summed E-state index contributed by atoms with van der Waals surface area (Å²) in [5.74, 6) is 0.667. The zero-order chi connectivity index (χ0) is 10.6. The van der Waals surface area contributed by atoms with Gasteiger partial charge in [0.05, 0.1) is 6.10 Å². The van der Waals surface area contributed by atoms with Gasteiger partial charge >= 0.3 is 0 Å². The van der Waals surface area contributed by atoms with E-state index in [9.17, 15) is 5.11 Å². The fraction of sp³-hybridized carbons (Fsp3) is 0.455. The molecule has 0 radical (unpaired) electrons. The van der Waals surface area contributed by atoms with Crippen molar-refractivity contribution in [3.05, 3.63) is 29.3 Å². The Kier molecular flexibility index (Phi) is 4.45. The van der Waals surface area contributed by atoms with E-state index in [0.29, 0.717) is 12.3 Å². The van der Waals surface area contributed by atoms with Crippen molar-refractivity contribution in [2.75, 3.05) is 12.3 Å². The molecule has 14 heavy (non-hydrogen) atoms. The minimum absolute atomic E-state index is 0.331. The third kappa shape index (κ3) is 3.33. The van der Waals surface area contributed by atoms with Crippen LogP contribution in [0.2, 0.25) is 0 Å². The van der Waals surface area contributed by atoms with Crippen LogP contribution in [0.15, 0.2) is 23.1 Å². The molecule has 0 fully saturated rings. The van der Waals surface area contributed by atoms with Crippen LogP contribution in [0.25, 0.3) is 0 Å². The van der Waals surface area contributed by atoms with E-state index in [1.807, 2.05) is 0 Å². The molecule has 0 bridgehead atoms. The summed E-state index contributed by atoms with van der Waals surface area (Å²) >= 11 is 1.66. The molecule has 3 N–H and O–H groups in total. The summed E-state index contributed by atoms with van der Waals surface area (Å²) in [5.41, 5.74) is 7.85. The van der Waals surface area contributed by atoms with Crippen LogP contribution in [0, 0.1) is 13.8 Å². The van der Waals surface area contributed by atoms with E-state index in [1.165, 1.54) is 16.0 Å². The summed E-state index contributed by atoms with van der Waals surface area (Å²) in [6.45, 7) is 4.48. The lowest BCUT2D eigenvalue weighted by atomic mass is 10.2. The molecule has 0 aliphatic rings. The first-order valence-corrected chi connectivity index (χ1v) is 5.70. The Morgan fingerprint density at radius 2 is 2.14 bits per heavy atom. The first-order valence-electron chi connectivity index (χ1n) is 4.71. The molecule has 2 nitrogen and oxygen atoms in total. The van der Waals surface area contributed by atoms with E-state index >= 15 is 0 Å².